The molecule has 0 aliphatic carbocycles. The monoisotopic (exact) mass is 642 g/mol. The zero-order valence-electron chi connectivity index (χ0n) is 28.5. The van der Waals surface area contributed by atoms with Crippen LogP contribution in [-0.4, -0.2) is 33.7 Å². The molecule has 0 bridgehead atoms. The van der Waals surface area contributed by atoms with Crippen LogP contribution in [0.5, 0.6) is 5.75 Å². The maximum absolute atomic E-state index is 12.9. The molecule has 4 rings (SSSR count). The number of hydrogen-bond donors (Lipinski definition) is 2. The van der Waals surface area contributed by atoms with E-state index < -0.39 is 0 Å². The number of hydrogen-bond acceptors (Lipinski definition) is 4. The number of rotatable bonds is 20. The summed E-state index contributed by atoms with van der Waals surface area (Å²) in [6, 6.07) is 20.0. The topological polar surface area (TPSA) is 79.9 Å². The molecule has 1 atom stereocenters. The third-order valence-electron chi connectivity index (χ3n) is 7.85. The van der Waals surface area contributed by atoms with Crippen LogP contribution in [0.1, 0.15) is 69.5 Å². The highest BCUT2D eigenvalue weighted by molar-refractivity contribution is 5.86. The van der Waals surface area contributed by atoms with Gasteiger partial charge in [-0.15, -0.1) is 0 Å². The van der Waals surface area contributed by atoms with Crippen LogP contribution in [0.4, 0.5) is 0 Å². The smallest absolute Gasteiger partial charge is 0.220 e. The van der Waals surface area contributed by atoms with Gasteiger partial charge in [-0.3, -0.25) is 14.9 Å². The number of aryl methyl sites for hydroxylation is 1. The Bertz CT molecular complexity index is 1680. The summed E-state index contributed by atoms with van der Waals surface area (Å²) in [7, 11) is 0. The van der Waals surface area contributed by atoms with Crippen LogP contribution in [0.15, 0.2) is 128 Å². The normalized spacial score (nSPS) is 12.8. The SMILES string of the molecule is CC/C=C\C/C=C\C/C=C\C/C=C\C/C=C\CCCC(=O)N[C@H](COc1ccnc(-c2ccc3n[nH]c(C)c3c2)c1)Cc1ccccc1. The van der Waals surface area contributed by atoms with Gasteiger partial charge in [0, 0.05) is 35.3 Å². The molecule has 2 N–H and O–H groups in total. The van der Waals surface area contributed by atoms with Crippen LogP contribution in [0.3, 0.4) is 0 Å². The lowest BCUT2D eigenvalue weighted by molar-refractivity contribution is -0.122. The van der Waals surface area contributed by atoms with E-state index in [9.17, 15) is 4.79 Å². The number of nitrogens with zero attached hydrogens (tertiary/aromatic N) is 2. The second-order valence-electron chi connectivity index (χ2n) is 11.8. The van der Waals surface area contributed by atoms with Gasteiger partial charge < -0.3 is 10.1 Å². The number of ether oxygens (including phenoxy) is 1. The van der Waals surface area contributed by atoms with Crippen LogP contribution in [0.2, 0.25) is 0 Å². The zero-order chi connectivity index (χ0) is 33.7. The highest BCUT2D eigenvalue weighted by Gasteiger charge is 2.15. The van der Waals surface area contributed by atoms with Crippen LogP contribution in [0, 0.1) is 6.92 Å². The lowest BCUT2D eigenvalue weighted by Crippen LogP contribution is -2.40. The molecule has 0 aliphatic heterocycles. The minimum absolute atomic E-state index is 0.0473. The number of benzene rings is 2. The third kappa shape index (κ3) is 13.0. The predicted octanol–water partition coefficient (Wildman–Crippen LogP) is 9.96. The summed E-state index contributed by atoms with van der Waals surface area (Å²) in [4.78, 5) is 17.5. The maximum atomic E-state index is 12.9. The van der Waals surface area contributed by atoms with Crippen molar-refractivity contribution in [2.45, 2.75) is 77.7 Å². The Morgan fingerprint density at radius 1 is 0.854 bits per heavy atom. The fourth-order valence-electron chi connectivity index (χ4n) is 5.25. The van der Waals surface area contributed by atoms with Gasteiger partial charge in [0.15, 0.2) is 0 Å². The lowest BCUT2D eigenvalue weighted by atomic mass is 10.1. The maximum Gasteiger partial charge on any atom is 0.220 e. The first-order chi connectivity index (χ1) is 23.6. The van der Waals surface area contributed by atoms with Gasteiger partial charge in [0.2, 0.25) is 5.91 Å². The fraction of sp³-hybridized carbons (Fsp3) is 0.310. The van der Waals surface area contributed by atoms with Crippen LogP contribution < -0.4 is 10.1 Å². The highest BCUT2D eigenvalue weighted by atomic mass is 16.5. The Balaban J connectivity index is 1.19. The first-order valence-corrected chi connectivity index (χ1v) is 17.2. The molecule has 2 aromatic heterocycles. The molecular formula is C42H50N4O2. The van der Waals surface area contributed by atoms with E-state index in [1.54, 1.807) is 6.20 Å². The van der Waals surface area contributed by atoms with E-state index in [1.165, 1.54) is 0 Å². The molecule has 0 aliphatic rings. The lowest BCUT2D eigenvalue weighted by Gasteiger charge is -2.20. The van der Waals surface area contributed by atoms with Crippen molar-refractivity contribution in [1.82, 2.24) is 20.5 Å². The summed E-state index contributed by atoms with van der Waals surface area (Å²) in [5.74, 6) is 0.765. The molecule has 6 nitrogen and oxygen atoms in total. The van der Waals surface area contributed by atoms with Gasteiger partial charge in [-0.25, -0.2) is 0 Å². The quantitative estimate of drug-likeness (QED) is 0.0743. The van der Waals surface area contributed by atoms with Gasteiger partial charge in [0.05, 0.1) is 17.3 Å². The van der Waals surface area contributed by atoms with Crippen molar-refractivity contribution in [3.05, 3.63) is 139 Å². The van der Waals surface area contributed by atoms with Gasteiger partial charge in [-0.1, -0.05) is 104 Å². The number of H-pyrrole nitrogens is 1. The first-order valence-electron chi connectivity index (χ1n) is 17.2. The fourth-order valence-corrected chi connectivity index (χ4v) is 5.25. The molecule has 0 unspecified atom stereocenters. The Labute approximate surface area is 286 Å². The van der Waals surface area contributed by atoms with Gasteiger partial charge in [-0.2, -0.15) is 5.10 Å². The number of carbonyl (C=O) groups is 1. The molecule has 0 saturated carbocycles. The van der Waals surface area contributed by atoms with Crippen molar-refractivity contribution >= 4 is 16.8 Å². The van der Waals surface area contributed by atoms with E-state index in [1.807, 2.05) is 49.4 Å². The number of allylic oxidation sites excluding steroid dienone is 10. The summed E-state index contributed by atoms with van der Waals surface area (Å²) >= 11 is 0. The van der Waals surface area contributed by atoms with Crippen molar-refractivity contribution < 1.29 is 9.53 Å². The minimum atomic E-state index is -0.157. The first kappa shape index (κ1) is 35.9. The molecule has 0 radical (unpaired) electrons. The molecule has 48 heavy (non-hydrogen) atoms. The number of unbranched alkanes of at least 4 members (excludes halogenated alkanes) is 1. The molecule has 0 saturated heterocycles. The Kier molecular flexibility index (Phi) is 15.7. The number of fused-ring (bicyclic) bond motifs is 1. The van der Waals surface area contributed by atoms with Crippen LogP contribution in [0.25, 0.3) is 22.2 Å². The van der Waals surface area contributed by atoms with E-state index in [0.29, 0.717) is 19.4 Å². The molecule has 6 heteroatoms. The molecule has 250 valence electrons. The number of aromatic amines is 1. The number of pyridine rings is 1. The average Bonchev–Trinajstić information content (AvgIpc) is 3.48. The average molecular weight is 643 g/mol. The number of aromatic nitrogens is 3. The zero-order valence-corrected chi connectivity index (χ0v) is 28.5. The van der Waals surface area contributed by atoms with Crippen molar-refractivity contribution in [2.24, 2.45) is 0 Å². The summed E-state index contributed by atoms with van der Waals surface area (Å²) < 4.78 is 6.24. The summed E-state index contributed by atoms with van der Waals surface area (Å²) in [6.45, 7) is 4.53. The molecule has 1 amide bonds. The van der Waals surface area contributed by atoms with E-state index in [4.69, 9.17) is 4.74 Å². The van der Waals surface area contributed by atoms with E-state index >= 15 is 0 Å². The molecule has 4 aromatic rings. The molecule has 0 fully saturated rings. The Morgan fingerprint density at radius 2 is 1.54 bits per heavy atom. The van der Waals surface area contributed by atoms with Gasteiger partial charge in [0.25, 0.3) is 0 Å². The Morgan fingerprint density at radius 3 is 2.25 bits per heavy atom. The van der Waals surface area contributed by atoms with Crippen LogP contribution >= 0.6 is 0 Å². The highest BCUT2D eigenvalue weighted by Crippen LogP contribution is 2.26. The second kappa shape index (κ2) is 21.0. The van der Waals surface area contributed by atoms with Gasteiger partial charge in [-0.05, 0) is 82.1 Å². The van der Waals surface area contributed by atoms with Gasteiger partial charge in [0.1, 0.15) is 12.4 Å². The van der Waals surface area contributed by atoms with Crippen molar-refractivity contribution in [3.63, 3.8) is 0 Å². The molecule has 2 aromatic carbocycles. The van der Waals surface area contributed by atoms with E-state index in [-0.39, 0.29) is 11.9 Å². The Hall–Kier alpha value is -4.97. The summed E-state index contributed by atoms with van der Waals surface area (Å²) in [5.41, 5.74) is 4.94. The third-order valence-corrected chi connectivity index (χ3v) is 7.85. The van der Waals surface area contributed by atoms with E-state index in [2.05, 4.69) is 106 Å². The number of nitrogens with one attached hydrogen (secondary N) is 2. The van der Waals surface area contributed by atoms with Gasteiger partial charge >= 0.3 is 0 Å². The molecule has 2 heterocycles. The van der Waals surface area contributed by atoms with Crippen LogP contribution in [-0.2, 0) is 11.2 Å². The van der Waals surface area contributed by atoms with Crippen molar-refractivity contribution in [1.29, 1.82) is 0 Å². The standard InChI is InChI=1S/C42H50N4O2/c1-3-4-5-6-7-8-9-10-11-12-13-14-15-16-17-18-22-25-42(47)44-37(30-35-23-20-19-21-24-35)33-48-38-28-29-43-41(32-38)36-26-27-40-39(31-36)34(2)45-46-40/h4-5,7-8,10-11,13-14,16-17,19-21,23-24,26-29,31-32,37H,3,6,9,12,15,18,22,25,30,33H2,1-2H3,(H,44,47)(H,45,46)/b5-4-,8-7-,11-10-,14-13-,17-16-/t37-/m0/s1. The van der Waals surface area contributed by atoms with E-state index in [0.717, 1.165) is 84.1 Å². The summed E-state index contributed by atoms with van der Waals surface area (Å²) in [5, 5.41) is 11.7. The predicted molar refractivity (Wildman–Crippen MR) is 200 cm³/mol. The largest absolute Gasteiger partial charge is 0.491 e. The van der Waals surface area contributed by atoms with Crippen molar-refractivity contribution in [3.8, 4) is 17.0 Å². The minimum Gasteiger partial charge on any atom is -0.491 e. The second-order valence-corrected chi connectivity index (χ2v) is 11.8. The number of amides is 1. The molecule has 0 spiro atoms. The van der Waals surface area contributed by atoms with Crippen molar-refractivity contribution in [2.75, 3.05) is 6.61 Å². The molecular weight excluding hydrogens is 592 g/mol. The summed E-state index contributed by atoms with van der Waals surface area (Å²) in [6.07, 6.45) is 31.6. The number of carbonyl (C=O) groups excluding carboxylic acids is 1.